The van der Waals surface area contributed by atoms with Gasteiger partial charge in [-0.15, -0.1) is 0 Å². The third kappa shape index (κ3) is 4.34. The van der Waals surface area contributed by atoms with E-state index in [4.69, 9.17) is 9.47 Å². The highest BCUT2D eigenvalue weighted by atomic mass is 16.6. The van der Waals surface area contributed by atoms with Crippen LogP contribution in [0.15, 0.2) is 36.4 Å². The fraction of sp³-hybridized carbons (Fsp3) is 0.583. The van der Waals surface area contributed by atoms with Crippen molar-refractivity contribution in [1.29, 1.82) is 0 Å². The molecular weight excluding hydrogens is 400 g/mol. The monoisotopic (exact) mass is 432 g/mol. The Morgan fingerprint density at radius 3 is 2.19 bits per heavy atom. The molecule has 0 aromatic heterocycles. The molecule has 0 bridgehead atoms. The molecule has 7 nitrogen and oxygen atoms in total. The molecule has 0 unspecified atom stereocenters. The van der Waals surface area contributed by atoms with Crippen molar-refractivity contribution in [1.82, 2.24) is 0 Å². The van der Waals surface area contributed by atoms with Crippen LogP contribution in [0.5, 0.6) is 5.75 Å². The first-order valence-corrected chi connectivity index (χ1v) is 10.6. The molecule has 31 heavy (non-hydrogen) atoms. The number of fused-ring (bicyclic) bond motifs is 1. The largest absolute Gasteiger partial charge is 0.508 e. The summed E-state index contributed by atoms with van der Waals surface area (Å²) in [7, 11) is 0. The fourth-order valence-electron chi connectivity index (χ4n) is 5.11. The van der Waals surface area contributed by atoms with Crippen molar-refractivity contribution in [3.63, 3.8) is 0 Å². The first kappa shape index (κ1) is 23.3. The SMILES string of the molecule is CC(=O)O[C@H]1C[C@](C)(O)C[C@H](OC(=O)c2ccc(O)cc2)[C@@H]2[C@@]1(C)C=C[C@]2(O)C(C)C. The lowest BCUT2D eigenvalue weighted by molar-refractivity contribution is -0.162. The molecule has 0 amide bonds. The lowest BCUT2D eigenvalue weighted by Crippen LogP contribution is -2.53. The number of phenols is 1. The first-order valence-electron chi connectivity index (χ1n) is 10.6. The third-order valence-electron chi connectivity index (χ3n) is 6.80. The standard InChI is InChI=1S/C24H32O7/c1-14(2)24(29)11-10-23(5)19(30-15(3)25)13-22(4,28)12-18(20(23)24)31-21(27)16-6-8-17(26)9-7-16/h6-11,14,18-20,26,28-29H,12-13H2,1-5H3/t18-,19-,20+,22+,23-,24-/m0/s1. The van der Waals surface area contributed by atoms with E-state index in [0.29, 0.717) is 0 Å². The molecule has 1 fully saturated rings. The van der Waals surface area contributed by atoms with Crippen molar-refractivity contribution < 1.29 is 34.4 Å². The molecule has 170 valence electrons. The average molecular weight is 433 g/mol. The number of hydrogen-bond donors (Lipinski definition) is 3. The number of esters is 2. The van der Waals surface area contributed by atoms with Gasteiger partial charge in [0.25, 0.3) is 0 Å². The summed E-state index contributed by atoms with van der Waals surface area (Å²) in [5.41, 5.74) is -3.23. The van der Waals surface area contributed by atoms with Crippen LogP contribution in [0, 0.1) is 17.3 Å². The lowest BCUT2D eigenvalue weighted by Gasteiger charge is -2.45. The van der Waals surface area contributed by atoms with Crippen molar-refractivity contribution >= 4 is 11.9 Å². The average Bonchev–Trinajstić information content (AvgIpc) is 2.89. The number of aliphatic hydroxyl groups is 2. The van der Waals surface area contributed by atoms with Crippen LogP contribution in [0.1, 0.15) is 57.8 Å². The molecule has 0 heterocycles. The molecule has 7 heteroatoms. The first-order chi connectivity index (χ1) is 14.3. The molecule has 0 aliphatic heterocycles. The predicted octanol–water partition coefficient (Wildman–Crippen LogP) is 2.97. The molecule has 3 rings (SSSR count). The minimum atomic E-state index is -1.33. The minimum Gasteiger partial charge on any atom is -0.508 e. The van der Waals surface area contributed by atoms with Gasteiger partial charge in [0.2, 0.25) is 0 Å². The predicted molar refractivity (Wildman–Crippen MR) is 113 cm³/mol. The van der Waals surface area contributed by atoms with E-state index in [9.17, 15) is 24.9 Å². The van der Waals surface area contributed by atoms with Crippen molar-refractivity contribution in [3.8, 4) is 5.75 Å². The molecule has 2 aliphatic rings. The Morgan fingerprint density at radius 1 is 1.03 bits per heavy atom. The van der Waals surface area contributed by atoms with Crippen LogP contribution in [-0.4, -0.2) is 50.7 Å². The smallest absolute Gasteiger partial charge is 0.338 e. The van der Waals surface area contributed by atoms with Crippen LogP contribution in [-0.2, 0) is 14.3 Å². The summed E-state index contributed by atoms with van der Waals surface area (Å²) >= 11 is 0. The van der Waals surface area contributed by atoms with E-state index in [1.807, 2.05) is 26.8 Å². The van der Waals surface area contributed by atoms with Crippen LogP contribution in [0.2, 0.25) is 0 Å². The Bertz CT molecular complexity index is 872. The number of ether oxygens (including phenoxy) is 2. The second-order valence-electron chi connectivity index (χ2n) is 9.71. The van der Waals surface area contributed by atoms with E-state index >= 15 is 0 Å². The minimum absolute atomic E-state index is 0.0277. The summed E-state index contributed by atoms with van der Waals surface area (Å²) in [4.78, 5) is 24.7. The Kier molecular flexibility index (Phi) is 5.97. The van der Waals surface area contributed by atoms with E-state index in [0.717, 1.165) is 0 Å². The van der Waals surface area contributed by atoms with Gasteiger partial charge < -0.3 is 24.8 Å². The van der Waals surface area contributed by atoms with Gasteiger partial charge in [0, 0.05) is 31.1 Å². The zero-order valence-electron chi connectivity index (χ0n) is 18.7. The maximum atomic E-state index is 12.9. The molecule has 0 radical (unpaired) electrons. The Morgan fingerprint density at radius 2 is 1.65 bits per heavy atom. The number of phenolic OH excluding ortho intramolecular Hbond substituents is 1. The van der Waals surface area contributed by atoms with Gasteiger partial charge >= 0.3 is 11.9 Å². The van der Waals surface area contributed by atoms with Crippen LogP contribution >= 0.6 is 0 Å². The van der Waals surface area contributed by atoms with Crippen molar-refractivity contribution in [2.45, 2.75) is 70.9 Å². The molecule has 1 aromatic carbocycles. The second-order valence-corrected chi connectivity index (χ2v) is 9.71. The summed E-state index contributed by atoms with van der Waals surface area (Å²) in [6, 6.07) is 5.69. The fourth-order valence-corrected chi connectivity index (χ4v) is 5.11. The lowest BCUT2D eigenvalue weighted by atomic mass is 9.65. The molecule has 0 saturated heterocycles. The molecule has 1 aromatic rings. The second kappa shape index (κ2) is 7.95. The molecule has 3 N–H and O–H groups in total. The summed E-state index contributed by atoms with van der Waals surface area (Å²) in [5.74, 6) is -1.92. The zero-order chi connectivity index (χ0) is 23.2. The summed E-state index contributed by atoms with van der Waals surface area (Å²) in [6.07, 6.45) is 2.21. The molecule has 1 saturated carbocycles. The van der Waals surface area contributed by atoms with Crippen LogP contribution < -0.4 is 0 Å². The summed E-state index contributed by atoms with van der Waals surface area (Å²) in [6.45, 7) is 8.55. The van der Waals surface area contributed by atoms with Gasteiger partial charge in [-0.3, -0.25) is 4.79 Å². The molecular formula is C24H32O7. The van der Waals surface area contributed by atoms with Crippen molar-refractivity contribution in [3.05, 3.63) is 42.0 Å². The van der Waals surface area contributed by atoms with Crippen LogP contribution in [0.25, 0.3) is 0 Å². The van der Waals surface area contributed by atoms with Gasteiger partial charge in [0.1, 0.15) is 18.0 Å². The normalized spacial score (nSPS) is 37.2. The maximum Gasteiger partial charge on any atom is 0.338 e. The van der Waals surface area contributed by atoms with E-state index in [2.05, 4.69) is 0 Å². The number of benzene rings is 1. The van der Waals surface area contributed by atoms with Crippen molar-refractivity contribution in [2.24, 2.45) is 17.3 Å². The third-order valence-corrected chi connectivity index (χ3v) is 6.80. The molecule has 0 spiro atoms. The number of carbonyl (C=O) groups is 2. The van der Waals surface area contributed by atoms with Gasteiger partial charge in [0.05, 0.1) is 16.8 Å². The molecule has 6 atom stereocenters. The Balaban J connectivity index is 2.05. The zero-order valence-corrected chi connectivity index (χ0v) is 18.7. The van der Waals surface area contributed by atoms with Crippen LogP contribution in [0.4, 0.5) is 0 Å². The van der Waals surface area contributed by atoms with Gasteiger partial charge in [-0.05, 0) is 37.1 Å². The van der Waals surface area contributed by atoms with E-state index < -0.39 is 46.7 Å². The maximum absolute atomic E-state index is 12.9. The van der Waals surface area contributed by atoms with E-state index in [-0.39, 0.29) is 30.1 Å². The van der Waals surface area contributed by atoms with Gasteiger partial charge in [-0.1, -0.05) is 32.9 Å². The van der Waals surface area contributed by atoms with E-state index in [1.165, 1.54) is 31.2 Å². The van der Waals surface area contributed by atoms with Crippen molar-refractivity contribution in [2.75, 3.05) is 0 Å². The van der Waals surface area contributed by atoms with Crippen LogP contribution in [0.3, 0.4) is 0 Å². The Labute approximate surface area is 182 Å². The molecule has 2 aliphatic carbocycles. The highest BCUT2D eigenvalue weighted by molar-refractivity contribution is 5.89. The summed E-state index contributed by atoms with van der Waals surface area (Å²) < 4.78 is 11.5. The van der Waals surface area contributed by atoms with E-state index in [1.54, 1.807) is 13.0 Å². The number of aromatic hydroxyl groups is 1. The summed E-state index contributed by atoms with van der Waals surface area (Å²) in [5, 5.41) is 32.2. The quantitative estimate of drug-likeness (QED) is 0.495. The Hall–Kier alpha value is -2.38. The van der Waals surface area contributed by atoms with Gasteiger partial charge in [0.15, 0.2) is 0 Å². The number of rotatable bonds is 4. The topological polar surface area (TPSA) is 113 Å². The highest BCUT2D eigenvalue weighted by Crippen LogP contribution is 2.56. The van der Waals surface area contributed by atoms with Gasteiger partial charge in [-0.25, -0.2) is 4.79 Å². The highest BCUT2D eigenvalue weighted by Gasteiger charge is 2.63. The number of hydrogen-bond acceptors (Lipinski definition) is 7. The van der Waals surface area contributed by atoms with Gasteiger partial charge in [-0.2, -0.15) is 0 Å². The number of carbonyl (C=O) groups excluding carboxylic acids is 2.